The molecule has 0 atom stereocenters. The van der Waals surface area contributed by atoms with Crippen molar-refractivity contribution in [3.05, 3.63) is 0 Å². The van der Waals surface area contributed by atoms with Crippen molar-refractivity contribution in [2.45, 2.75) is 87.1 Å². The third-order valence-corrected chi connectivity index (χ3v) is 20.6. The van der Waals surface area contributed by atoms with Gasteiger partial charge in [0.15, 0.2) is 0 Å². The maximum absolute atomic E-state index is 5.70. The van der Waals surface area contributed by atoms with Gasteiger partial charge in [0.1, 0.15) is 0 Å². The van der Waals surface area contributed by atoms with E-state index in [1.165, 1.54) is 38.9 Å². The summed E-state index contributed by atoms with van der Waals surface area (Å²) in [6.07, 6.45) is 3.63. The Morgan fingerprint density at radius 3 is 1.08 bits per heavy atom. The summed E-state index contributed by atoms with van der Waals surface area (Å²) < 4.78 is 14.1. The van der Waals surface area contributed by atoms with Crippen molar-refractivity contribution in [1.82, 2.24) is 9.91 Å². The van der Waals surface area contributed by atoms with Gasteiger partial charge in [0.2, 0.25) is 0 Å². The summed E-state index contributed by atoms with van der Waals surface area (Å²) in [7, 11) is 0. The van der Waals surface area contributed by atoms with Crippen molar-refractivity contribution in [3.8, 4) is 0 Å². The van der Waals surface area contributed by atoms with Crippen LogP contribution in [0.15, 0.2) is 3.34 Å². The Labute approximate surface area is 157 Å². The van der Waals surface area contributed by atoms with E-state index in [4.69, 9.17) is 3.34 Å². The molecule has 0 rings (SSSR count). The fourth-order valence-electron chi connectivity index (χ4n) is 3.35. The van der Waals surface area contributed by atoms with E-state index < -0.39 is 17.7 Å². The fourth-order valence-corrected chi connectivity index (χ4v) is 20.6. The molecule has 0 aromatic carbocycles. The van der Waals surface area contributed by atoms with E-state index in [0.717, 1.165) is 19.6 Å². The van der Waals surface area contributed by atoms with Gasteiger partial charge in [-0.25, -0.2) is 0 Å². The Morgan fingerprint density at radius 1 is 0.625 bits per heavy atom. The molecule has 0 saturated heterocycles. The van der Waals surface area contributed by atoms with Crippen molar-refractivity contribution in [2.24, 2.45) is 3.34 Å². The van der Waals surface area contributed by atoms with Crippen LogP contribution in [-0.4, -0.2) is 54.7 Å². The van der Waals surface area contributed by atoms with Crippen LogP contribution in [0.3, 0.4) is 0 Å². The molecule has 0 saturated carbocycles. The number of hydrogen-bond acceptors (Lipinski definition) is 1. The maximum atomic E-state index is 5.70. The normalized spacial score (nSPS) is 13.3. The summed E-state index contributed by atoms with van der Waals surface area (Å²) in [4.78, 5) is 0. The number of hydrogen-bond donors (Lipinski definition) is 0. The van der Waals surface area contributed by atoms with Gasteiger partial charge in [-0.3, -0.25) is 0 Å². The molecule has 0 aromatic heterocycles. The molecule has 0 radical (unpaired) electrons. The Kier molecular flexibility index (Phi) is 12.1. The number of rotatable bonds is 12. The van der Waals surface area contributed by atoms with E-state index in [0.29, 0.717) is 0 Å². The predicted octanol–water partition coefficient (Wildman–Crippen LogP) is 5.06. The standard InChI is InChI=1S/3C5H12N.C4H9N.Ta/c3*1-3-5-6-4-2;1-4(2,3)5;/h3*3-5H2,1-2H3;1-3H3;/q3*-1;;+3. The van der Waals surface area contributed by atoms with Gasteiger partial charge >= 0.3 is 157 Å². The van der Waals surface area contributed by atoms with Gasteiger partial charge in [-0.15, -0.1) is 0 Å². The van der Waals surface area contributed by atoms with Crippen LogP contribution in [-0.2, 0) is 17.7 Å². The van der Waals surface area contributed by atoms with Crippen LogP contribution in [0.25, 0.3) is 0 Å². The minimum atomic E-state index is -3.31. The van der Waals surface area contributed by atoms with E-state index in [9.17, 15) is 0 Å². The van der Waals surface area contributed by atoms with Crippen molar-refractivity contribution in [2.75, 3.05) is 39.3 Å². The molecule has 0 aliphatic rings. The molecule has 5 heteroatoms. The summed E-state index contributed by atoms with van der Waals surface area (Å²) >= 11 is -3.31. The molecule has 4 nitrogen and oxygen atoms in total. The SMILES string of the molecule is CCC[N](CC)[Ta](=[N]C(C)(C)C)([N](CC)CCC)[N](CC)CCC. The molecule has 24 heavy (non-hydrogen) atoms. The van der Waals surface area contributed by atoms with Crippen LogP contribution < -0.4 is 0 Å². The molecule has 0 heterocycles. The molecule has 0 spiro atoms. The van der Waals surface area contributed by atoms with Crippen LogP contribution in [0.1, 0.15) is 81.6 Å². The molecule has 0 aliphatic heterocycles. The first-order chi connectivity index (χ1) is 11.3. The van der Waals surface area contributed by atoms with Crippen molar-refractivity contribution in [3.63, 3.8) is 0 Å². The van der Waals surface area contributed by atoms with E-state index in [2.05, 4.69) is 72.2 Å². The van der Waals surface area contributed by atoms with Gasteiger partial charge in [0, 0.05) is 0 Å². The van der Waals surface area contributed by atoms with Gasteiger partial charge in [-0.2, -0.15) is 0 Å². The molecule has 0 fully saturated rings. The van der Waals surface area contributed by atoms with Crippen molar-refractivity contribution < 1.29 is 17.7 Å². The molecular weight excluding hydrogens is 465 g/mol. The number of nitrogens with zero attached hydrogens (tertiary/aromatic N) is 4. The van der Waals surface area contributed by atoms with Crippen LogP contribution in [0.5, 0.6) is 0 Å². The van der Waals surface area contributed by atoms with Crippen LogP contribution in [0.2, 0.25) is 0 Å². The van der Waals surface area contributed by atoms with Crippen LogP contribution >= 0.6 is 0 Å². The van der Waals surface area contributed by atoms with E-state index in [1.807, 2.05) is 0 Å². The Morgan fingerprint density at radius 2 is 0.917 bits per heavy atom. The quantitative estimate of drug-likeness (QED) is 0.366. The molecule has 0 amide bonds. The Hall–Kier alpha value is 0.420. The minimum absolute atomic E-state index is 0.0158. The van der Waals surface area contributed by atoms with E-state index in [1.54, 1.807) is 0 Å². The Bertz CT molecular complexity index is 333. The first kappa shape index (κ1) is 24.4. The summed E-state index contributed by atoms with van der Waals surface area (Å²) in [5.41, 5.74) is 0.0158. The van der Waals surface area contributed by atoms with Gasteiger partial charge < -0.3 is 0 Å². The molecule has 146 valence electrons. The third-order valence-electron chi connectivity index (χ3n) is 4.11. The van der Waals surface area contributed by atoms with Crippen molar-refractivity contribution >= 4 is 0 Å². The zero-order valence-electron chi connectivity index (χ0n) is 18.1. The topological polar surface area (TPSA) is 22.1 Å². The van der Waals surface area contributed by atoms with E-state index in [-0.39, 0.29) is 5.54 Å². The zero-order valence-corrected chi connectivity index (χ0v) is 21.3. The van der Waals surface area contributed by atoms with E-state index >= 15 is 0 Å². The predicted molar refractivity (Wildman–Crippen MR) is 105 cm³/mol. The summed E-state index contributed by atoms with van der Waals surface area (Å²) in [6.45, 7) is 27.7. The van der Waals surface area contributed by atoms with Crippen LogP contribution in [0.4, 0.5) is 0 Å². The molecule has 0 aliphatic carbocycles. The zero-order chi connectivity index (χ0) is 18.8. The molecular formula is C19H45N4Ta. The summed E-state index contributed by atoms with van der Waals surface area (Å²) in [6, 6.07) is 0. The monoisotopic (exact) mass is 510 g/mol. The average Bonchev–Trinajstić information content (AvgIpc) is 2.52. The molecule has 0 aromatic rings. The first-order valence-corrected chi connectivity index (χ1v) is 15.9. The van der Waals surface area contributed by atoms with Gasteiger partial charge in [0.25, 0.3) is 0 Å². The van der Waals surface area contributed by atoms with Gasteiger partial charge in [-0.1, -0.05) is 0 Å². The first-order valence-electron chi connectivity index (χ1n) is 10.2. The second-order valence-electron chi connectivity index (χ2n) is 7.45. The second-order valence-corrected chi connectivity index (χ2v) is 18.1. The van der Waals surface area contributed by atoms with Gasteiger partial charge in [0.05, 0.1) is 0 Å². The van der Waals surface area contributed by atoms with Crippen LogP contribution in [0, 0.1) is 0 Å². The average molecular weight is 511 g/mol. The summed E-state index contributed by atoms with van der Waals surface area (Å²) in [5, 5.41) is 0. The summed E-state index contributed by atoms with van der Waals surface area (Å²) in [5.74, 6) is 0. The molecule has 0 bridgehead atoms. The Balaban J connectivity index is 6.54. The molecule has 0 N–H and O–H groups in total. The third kappa shape index (κ3) is 6.62. The second kappa shape index (κ2) is 11.9. The van der Waals surface area contributed by atoms with Crippen molar-refractivity contribution in [1.29, 1.82) is 0 Å². The fraction of sp³-hybridized carbons (Fsp3) is 1.00. The molecule has 0 unspecified atom stereocenters. The van der Waals surface area contributed by atoms with Gasteiger partial charge in [-0.05, 0) is 0 Å².